The first-order valence-electron chi connectivity index (χ1n) is 8.30. The van der Waals surface area contributed by atoms with Crippen molar-refractivity contribution in [1.29, 1.82) is 0 Å². The first kappa shape index (κ1) is 18.3. The largest absolute Gasteiger partial charge is 0.380 e. The van der Waals surface area contributed by atoms with Gasteiger partial charge in [0, 0.05) is 12.7 Å². The summed E-state index contributed by atoms with van der Waals surface area (Å²) < 4.78 is 24.7. The van der Waals surface area contributed by atoms with E-state index in [1.165, 1.54) is 6.26 Å². The maximum absolute atomic E-state index is 11.5. The molecule has 1 atom stereocenters. The molecule has 0 bridgehead atoms. The summed E-state index contributed by atoms with van der Waals surface area (Å²) in [5, 5.41) is 15.0. The third kappa shape index (κ3) is 4.77. The highest BCUT2D eigenvalue weighted by Gasteiger charge is 2.19. The maximum Gasteiger partial charge on any atom is 0.183 e. The fraction of sp³-hybridized carbons (Fsp3) is 0.263. The van der Waals surface area contributed by atoms with Crippen molar-refractivity contribution in [2.45, 2.75) is 19.1 Å². The number of hydrogen-bond donors (Lipinski definition) is 1. The molecule has 26 heavy (non-hydrogen) atoms. The van der Waals surface area contributed by atoms with E-state index in [0.717, 1.165) is 5.56 Å². The second-order valence-electron chi connectivity index (χ2n) is 6.22. The van der Waals surface area contributed by atoms with Crippen LogP contribution in [0.4, 0.5) is 0 Å². The summed E-state index contributed by atoms with van der Waals surface area (Å²) in [6.07, 6.45) is 0.496. The Bertz CT molecular complexity index is 954. The average molecular weight is 371 g/mol. The predicted octanol–water partition coefficient (Wildman–Crippen LogP) is 2.00. The van der Waals surface area contributed by atoms with Gasteiger partial charge in [0.1, 0.15) is 21.8 Å². The Morgan fingerprint density at radius 1 is 1.04 bits per heavy atom. The summed E-state index contributed by atoms with van der Waals surface area (Å²) in [5.74, 6) is 0.807. The molecule has 0 spiro atoms. The molecular formula is C19H21N3O3S. The van der Waals surface area contributed by atoms with Crippen molar-refractivity contribution in [2.24, 2.45) is 0 Å². The van der Waals surface area contributed by atoms with Gasteiger partial charge in [0.05, 0.1) is 12.3 Å². The number of hydrogen-bond acceptors (Lipinski definition) is 5. The van der Waals surface area contributed by atoms with Crippen molar-refractivity contribution in [3.8, 4) is 0 Å². The van der Waals surface area contributed by atoms with E-state index in [1.54, 1.807) is 16.8 Å². The second-order valence-corrected chi connectivity index (χ2v) is 8.48. The van der Waals surface area contributed by atoms with Gasteiger partial charge in [0.15, 0.2) is 5.82 Å². The molecule has 0 fully saturated rings. The first-order valence-corrected chi connectivity index (χ1v) is 10.4. The van der Waals surface area contributed by atoms with Crippen LogP contribution in [0.3, 0.4) is 0 Å². The molecule has 0 unspecified atom stereocenters. The lowest BCUT2D eigenvalue weighted by Gasteiger charge is -2.06. The number of aliphatic hydroxyl groups is 1. The van der Waals surface area contributed by atoms with Crippen LogP contribution >= 0.6 is 0 Å². The SMILES string of the molecule is CS(=O)(=O)CCc1nc([C@H](O)c2ccccc2)nn1Cc1ccccc1. The van der Waals surface area contributed by atoms with E-state index in [9.17, 15) is 13.5 Å². The molecule has 0 amide bonds. The number of aromatic nitrogens is 3. The Morgan fingerprint density at radius 2 is 1.65 bits per heavy atom. The number of aryl methyl sites for hydroxylation is 1. The highest BCUT2D eigenvalue weighted by atomic mass is 32.2. The van der Waals surface area contributed by atoms with Crippen LogP contribution in [0.25, 0.3) is 0 Å². The van der Waals surface area contributed by atoms with Crippen LogP contribution in [0.15, 0.2) is 60.7 Å². The summed E-state index contributed by atoms with van der Waals surface area (Å²) in [7, 11) is -3.12. The number of aliphatic hydroxyl groups excluding tert-OH is 1. The van der Waals surface area contributed by atoms with Crippen molar-refractivity contribution >= 4 is 9.84 Å². The molecule has 0 aliphatic heterocycles. The molecule has 1 aromatic heterocycles. The van der Waals surface area contributed by atoms with Gasteiger partial charge in [-0.3, -0.25) is 0 Å². The van der Waals surface area contributed by atoms with Gasteiger partial charge in [-0.2, -0.15) is 5.10 Å². The van der Waals surface area contributed by atoms with Crippen molar-refractivity contribution in [2.75, 3.05) is 12.0 Å². The standard InChI is InChI=1S/C19H21N3O3S/c1-26(24,25)13-12-17-20-19(18(23)16-10-6-3-7-11-16)21-22(17)14-15-8-4-2-5-9-15/h2-11,18,23H,12-14H2,1H3/t18-/m1/s1. The van der Waals surface area contributed by atoms with E-state index < -0.39 is 15.9 Å². The normalized spacial score (nSPS) is 12.8. The van der Waals surface area contributed by atoms with Crippen LogP contribution in [0.1, 0.15) is 28.9 Å². The van der Waals surface area contributed by atoms with Gasteiger partial charge in [-0.25, -0.2) is 18.1 Å². The van der Waals surface area contributed by atoms with Gasteiger partial charge < -0.3 is 5.11 Å². The fourth-order valence-electron chi connectivity index (χ4n) is 2.64. The van der Waals surface area contributed by atoms with Crippen LogP contribution in [0.5, 0.6) is 0 Å². The molecule has 0 aliphatic carbocycles. The number of sulfone groups is 1. The van der Waals surface area contributed by atoms with Gasteiger partial charge in [-0.15, -0.1) is 0 Å². The lowest BCUT2D eigenvalue weighted by atomic mass is 10.1. The zero-order valence-corrected chi connectivity index (χ0v) is 15.3. The second kappa shape index (κ2) is 7.80. The summed E-state index contributed by atoms with van der Waals surface area (Å²) in [6, 6.07) is 18.9. The third-order valence-electron chi connectivity index (χ3n) is 4.00. The molecule has 0 saturated carbocycles. The van der Waals surface area contributed by atoms with Crippen molar-refractivity contribution in [3.63, 3.8) is 0 Å². The van der Waals surface area contributed by atoms with Crippen LogP contribution in [0, 0.1) is 0 Å². The predicted molar refractivity (Wildman–Crippen MR) is 99.5 cm³/mol. The van der Waals surface area contributed by atoms with Crippen LogP contribution in [-0.2, 0) is 22.8 Å². The first-order chi connectivity index (χ1) is 12.4. The highest BCUT2D eigenvalue weighted by molar-refractivity contribution is 7.90. The number of benzene rings is 2. The summed E-state index contributed by atoms with van der Waals surface area (Å²) >= 11 is 0. The van der Waals surface area contributed by atoms with E-state index in [4.69, 9.17) is 0 Å². The van der Waals surface area contributed by atoms with Gasteiger partial charge in [0.2, 0.25) is 0 Å². The Kier molecular flexibility index (Phi) is 5.49. The minimum Gasteiger partial charge on any atom is -0.380 e. The Morgan fingerprint density at radius 3 is 2.27 bits per heavy atom. The zero-order chi connectivity index (χ0) is 18.6. The Balaban J connectivity index is 1.91. The van der Waals surface area contributed by atoms with Crippen LogP contribution < -0.4 is 0 Å². The van der Waals surface area contributed by atoms with E-state index in [1.807, 2.05) is 48.5 Å². The molecule has 7 heteroatoms. The summed E-state index contributed by atoms with van der Waals surface area (Å²) in [5.41, 5.74) is 1.72. The van der Waals surface area contributed by atoms with Gasteiger partial charge in [0.25, 0.3) is 0 Å². The van der Waals surface area contributed by atoms with Crippen LogP contribution in [0.2, 0.25) is 0 Å². The van der Waals surface area contributed by atoms with E-state index in [-0.39, 0.29) is 18.0 Å². The van der Waals surface area contributed by atoms with Gasteiger partial charge >= 0.3 is 0 Å². The minimum absolute atomic E-state index is 0.0125. The van der Waals surface area contributed by atoms with Crippen molar-refractivity contribution in [1.82, 2.24) is 14.8 Å². The summed E-state index contributed by atoms with van der Waals surface area (Å²) in [6.45, 7) is 0.467. The molecule has 0 radical (unpaired) electrons. The molecule has 0 aliphatic rings. The van der Waals surface area contributed by atoms with Gasteiger partial charge in [-0.1, -0.05) is 60.7 Å². The lowest BCUT2D eigenvalue weighted by Crippen LogP contribution is -2.12. The Labute approximate surface area is 153 Å². The van der Waals surface area contributed by atoms with E-state index >= 15 is 0 Å². The van der Waals surface area contributed by atoms with Gasteiger partial charge in [-0.05, 0) is 11.1 Å². The van der Waals surface area contributed by atoms with Crippen LogP contribution in [-0.4, -0.2) is 40.3 Å². The average Bonchev–Trinajstić information content (AvgIpc) is 3.03. The molecular weight excluding hydrogens is 350 g/mol. The molecule has 1 heterocycles. The molecule has 6 nitrogen and oxygen atoms in total. The smallest absolute Gasteiger partial charge is 0.183 e. The molecule has 3 aromatic rings. The fourth-order valence-corrected chi connectivity index (χ4v) is 3.19. The zero-order valence-electron chi connectivity index (χ0n) is 14.5. The quantitative estimate of drug-likeness (QED) is 0.687. The Hall–Kier alpha value is -2.51. The molecule has 2 aromatic carbocycles. The summed E-state index contributed by atoms with van der Waals surface area (Å²) in [4.78, 5) is 4.42. The minimum atomic E-state index is -3.12. The van der Waals surface area contributed by atoms with E-state index in [2.05, 4.69) is 10.1 Å². The maximum atomic E-state index is 11.5. The topological polar surface area (TPSA) is 85.1 Å². The molecule has 3 rings (SSSR count). The molecule has 0 saturated heterocycles. The van der Waals surface area contributed by atoms with Crippen molar-refractivity contribution in [3.05, 3.63) is 83.4 Å². The lowest BCUT2D eigenvalue weighted by molar-refractivity contribution is 0.209. The monoisotopic (exact) mass is 371 g/mol. The number of rotatable bonds is 7. The molecule has 136 valence electrons. The van der Waals surface area contributed by atoms with E-state index in [0.29, 0.717) is 17.9 Å². The van der Waals surface area contributed by atoms with Crippen molar-refractivity contribution < 1.29 is 13.5 Å². The third-order valence-corrected chi connectivity index (χ3v) is 4.94. The molecule has 1 N–H and O–H groups in total. The highest BCUT2D eigenvalue weighted by Crippen LogP contribution is 2.19. The number of nitrogens with zero attached hydrogens (tertiary/aromatic N) is 3.